The third-order valence-electron chi connectivity index (χ3n) is 1.26. The van der Waals surface area contributed by atoms with Crippen molar-refractivity contribution < 1.29 is 13.2 Å². The van der Waals surface area contributed by atoms with E-state index in [1.54, 1.807) is 6.07 Å². The van der Waals surface area contributed by atoms with Gasteiger partial charge in [0.2, 0.25) is 10.0 Å². The van der Waals surface area contributed by atoms with E-state index in [2.05, 4.69) is 9.46 Å². The lowest BCUT2D eigenvalue weighted by molar-refractivity contribution is 0.204. The Morgan fingerprint density at radius 2 is 2.25 bits per heavy atom. The molecule has 0 aliphatic carbocycles. The molecule has 0 aromatic heterocycles. The van der Waals surface area contributed by atoms with Crippen LogP contribution in [-0.4, -0.2) is 33.9 Å². The Balaban J connectivity index is 3.99. The third-order valence-corrected chi connectivity index (χ3v) is 2.90. The molecule has 0 aromatic carbocycles. The van der Waals surface area contributed by atoms with Crippen molar-refractivity contribution in [3.05, 3.63) is 0 Å². The topological polar surface area (TPSA) is 79.2 Å². The van der Waals surface area contributed by atoms with Crippen molar-refractivity contribution in [3.63, 3.8) is 0 Å². The molecule has 0 heterocycles. The molecule has 0 aliphatic heterocycles. The number of nitriles is 1. The van der Waals surface area contributed by atoms with Gasteiger partial charge in [0, 0.05) is 13.7 Å². The second-order valence-electron chi connectivity index (χ2n) is 2.20. The van der Waals surface area contributed by atoms with Crippen molar-refractivity contribution in [1.29, 1.82) is 5.26 Å². The second kappa shape index (κ2) is 5.09. The predicted molar refractivity (Wildman–Crippen MR) is 43.9 cm³/mol. The van der Waals surface area contributed by atoms with Gasteiger partial charge in [-0.15, -0.1) is 0 Å². The summed E-state index contributed by atoms with van der Waals surface area (Å²) in [7, 11) is -2.00. The van der Waals surface area contributed by atoms with Gasteiger partial charge in [0.15, 0.2) is 5.25 Å². The first-order valence-corrected chi connectivity index (χ1v) is 4.96. The van der Waals surface area contributed by atoms with Gasteiger partial charge in [0.25, 0.3) is 0 Å². The first kappa shape index (κ1) is 11.4. The molecule has 0 amide bonds. The Kier molecular flexibility index (Phi) is 4.81. The lowest BCUT2D eigenvalue weighted by Gasteiger charge is -2.06. The molecule has 70 valence electrons. The van der Waals surface area contributed by atoms with Gasteiger partial charge in [-0.25, -0.2) is 13.1 Å². The zero-order valence-electron chi connectivity index (χ0n) is 7.07. The highest BCUT2D eigenvalue weighted by Crippen LogP contribution is 1.94. The molecule has 1 atom stereocenters. The quantitative estimate of drug-likeness (QED) is 0.593. The van der Waals surface area contributed by atoms with Crippen molar-refractivity contribution in [1.82, 2.24) is 4.72 Å². The van der Waals surface area contributed by atoms with Crippen LogP contribution in [0.1, 0.15) is 6.92 Å². The van der Waals surface area contributed by atoms with Crippen LogP contribution >= 0.6 is 0 Å². The van der Waals surface area contributed by atoms with Gasteiger partial charge in [0.1, 0.15) is 0 Å². The molecule has 0 spiro atoms. The average molecular weight is 192 g/mol. The van der Waals surface area contributed by atoms with E-state index in [4.69, 9.17) is 5.26 Å². The monoisotopic (exact) mass is 192 g/mol. The summed E-state index contributed by atoms with van der Waals surface area (Å²) in [6, 6.07) is 1.64. The largest absolute Gasteiger partial charge is 0.383 e. The van der Waals surface area contributed by atoms with Crippen LogP contribution in [0.25, 0.3) is 0 Å². The fourth-order valence-electron chi connectivity index (χ4n) is 0.480. The van der Waals surface area contributed by atoms with Crippen LogP contribution in [0.15, 0.2) is 0 Å². The minimum absolute atomic E-state index is 0.199. The highest BCUT2D eigenvalue weighted by molar-refractivity contribution is 7.90. The summed E-state index contributed by atoms with van der Waals surface area (Å²) >= 11 is 0. The molecule has 0 radical (unpaired) electrons. The number of hydrogen-bond donors (Lipinski definition) is 1. The molecular formula is C6H12N2O3S. The van der Waals surface area contributed by atoms with E-state index < -0.39 is 15.3 Å². The average Bonchev–Trinajstić information content (AvgIpc) is 2.03. The van der Waals surface area contributed by atoms with E-state index in [1.807, 2.05) is 0 Å². The van der Waals surface area contributed by atoms with Crippen molar-refractivity contribution >= 4 is 10.0 Å². The maximum Gasteiger partial charge on any atom is 0.227 e. The first-order chi connectivity index (χ1) is 5.54. The number of sulfonamides is 1. The Hall–Kier alpha value is -0.640. The van der Waals surface area contributed by atoms with Crippen molar-refractivity contribution in [2.75, 3.05) is 20.3 Å². The predicted octanol–water partition coefficient (Wildman–Crippen LogP) is -0.536. The molecule has 1 N–H and O–H groups in total. The minimum Gasteiger partial charge on any atom is -0.383 e. The summed E-state index contributed by atoms with van der Waals surface area (Å²) in [6.07, 6.45) is 0. The smallest absolute Gasteiger partial charge is 0.227 e. The number of methoxy groups -OCH3 is 1. The van der Waals surface area contributed by atoms with E-state index >= 15 is 0 Å². The van der Waals surface area contributed by atoms with Crippen LogP contribution in [0.5, 0.6) is 0 Å². The molecule has 1 unspecified atom stereocenters. The van der Waals surface area contributed by atoms with Gasteiger partial charge in [-0.3, -0.25) is 0 Å². The number of ether oxygens (including phenoxy) is 1. The summed E-state index contributed by atoms with van der Waals surface area (Å²) < 4.78 is 29.0. The molecule has 12 heavy (non-hydrogen) atoms. The van der Waals surface area contributed by atoms with Crippen LogP contribution in [-0.2, 0) is 14.8 Å². The second-order valence-corrected chi connectivity index (χ2v) is 4.29. The number of rotatable bonds is 5. The molecule has 5 nitrogen and oxygen atoms in total. The van der Waals surface area contributed by atoms with Crippen molar-refractivity contribution in [3.8, 4) is 6.07 Å². The summed E-state index contributed by atoms with van der Waals surface area (Å²) in [5.41, 5.74) is 0. The Labute approximate surface area is 72.4 Å². The molecule has 0 rings (SSSR count). The lowest BCUT2D eigenvalue weighted by atomic mass is 10.5. The maximum absolute atomic E-state index is 11.0. The van der Waals surface area contributed by atoms with Crippen LogP contribution in [0.4, 0.5) is 0 Å². The van der Waals surface area contributed by atoms with E-state index in [0.29, 0.717) is 6.61 Å². The van der Waals surface area contributed by atoms with Crippen LogP contribution in [0.2, 0.25) is 0 Å². The van der Waals surface area contributed by atoms with E-state index in [-0.39, 0.29) is 6.54 Å². The Morgan fingerprint density at radius 3 is 2.67 bits per heavy atom. The van der Waals surface area contributed by atoms with Gasteiger partial charge in [0.05, 0.1) is 12.7 Å². The normalized spacial score (nSPS) is 13.8. The van der Waals surface area contributed by atoms with Gasteiger partial charge >= 0.3 is 0 Å². The molecule has 0 aliphatic rings. The van der Waals surface area contributed by atoms with E-state index in [9.17, 15) is 8.42 Å². The number of hydrogen-bond acceptors (Lipinski definition) is 4. The fourth-order valence-corrected chi connectivity index (χ4v) is 1.24. The number of nitrogens with zero attached hydrogens (tertiary/aromatic N) is 1. The summed E-state index contributed by atoms with van der Waals surface area (Å²) in [5.74, 6) is 0. The lowest BCUT2D eigenvalue weighted by Crippen LogP contribution is -2.33. The minimum atomic E-state index is -3.47. The first-order valence-electron chi connectivity index (χ1n) is 3.41. The van der Waals surface area contributed by atoms with Gasteiger partial charge in [-0.1, -0.05) is 0 Å². The fraction of sp³-hybridized carbons (Fsp3) is 0.833. The Bertz CT molecular complexity index is 254. The molecule has 0 saturated carbocycles. The van der Waals surface area contributed by atoms with Crippen molar-refractivity contribution in [2.24, 2.45) is 0 Å². The molecule has 6 heteroatoms. The van der Waals surface area contributed by atoms with Crippen LogP contribution in [0, 0.1) is 11.3 Å². The Morgan fingerprint density at radius 1 is 1.67 bits per heavy atom. The van der Waals surface area contributed by atoms with E-state index in [1.165, 1.54) is 14.0 Å². The molecule has 0 saturated heterocycles. The summed E-state index contributed by atoms with van der Waals surface area (Å²) in [5, 5.41) is 7.31. The highest BCUT2D eigenvalue weighted by Gasteiger charge is 2.18. The summed E-state index contributed by atoms with van der Waals surface area (Å²) in [4.78, 5) is 0. The van der Waals surface area contributed by atoms with Crippen LogP contribution in [0.3, 0.4) is 0 Å². The van der Waals surface area contributed by atoms with E-state index in [0.717, 1.165) is 0 Å². The summed E-state index contributed by atoms with van der Waals surface area (Å²) in [6.45, 7) is 1.83. The highest BCUT2D eigenvalue weighted by atomic mass is 32.2. The third kappa shape index (κ3) is 3.67. The van der Waals surface area contributed by atoms with Gasteiger partial charge in [-0.05, 0) is 6.92 Å². The standard InChI is InChI=1S/C6H12N2O3S/c1-6(5-7)12(9,10)8-3-4-11-2/h6,8H,3-4H2,1-2H3. The van der Waals surface area contributed by atoms with Crippen LogP contribution < -0.4 is 4.72 Å². The molecule has 0 fully saturated rings. The zero-order chi connectivity index (χ0) is 9.61. The molecule has 0 bridgehead atoms. The zero-order valence-corrected chi connectivity index (χ0v) is 7.89. The van der Waals surface area contributed by atoms with Crippen molar-refractivity contribution in [2.45, 2.75) is 12.2 Å². The molecule has 0 aromatic rings. The van der Waals surface area contributed by atoms with Gasteiger partial charge in [-0.2, -0.15) is 5.26 Å². The van der Waals surface area contributed by atoms with Gasteiger partial charge < -0.3 is 4.74 Å². The SMILES string of the molecule is COCCNS(=O)(=O)C(C)C#N. The number of nitrogens with one attached hydrogen (secondary N) is 1. The maximum atomic E-state index is 11.0. The molecular weight excluding hydrogens is 180 g/mol.